The molecule has 7 heteroatoms. The minimum atomic E-state index is -0.305. The molecule has 0 radical (unpaired) electrons. The van der Waals surface area contributed by atoms with Crippen molar-refractivity contribution in [2.24, 2.45) is 5.10 Å². The van der Waals surface area contributed by atoms with Crippen molar-refractivity contribution >= 4 is 35.1 Å². The standard InChI is InChI=1S/C21H17Cl2FN2O2/c1-27-20-4-2-3-15(12-25-26-17-8-6-16(24)7-9-17)21(20)28-13-14-5-10-18(22)19(23)11-14/h2-12,26H,13H2,1H3. The third-order valence-electron chi connectivity index (χ3n) is 3.84. The van der Waals surface area contributed by atoms with Crippen molar-refractivity contribution in [3.8, 4) is 11.5 Å². The molecule has 3 aromatic carbocycles. The molecule has 3 aromatic rings. The van der Waals surface area contributed by atoms with Crippen LogP contribution in [0.4, 0.5) is 10.1 Å². The lowest BCUT2D eigenvalue weighted by Gasteiger charge is -2.13. The van der Waals surface area contributed by atoms with Gasteiger partial charge >= 0.3 is 0 Å². The number of hydrazone groups is 1. The number of benzene rings is 3. The van der Waals surface area contributed by atoms with Crippen LogP contribution in [0.3, 0.4) is 0 Å². The van der Waals surface area contributed by atoms with Crippen LogP contribution in [0.2, 0.25) is 10.0 Å². The predicted octanol–water partition coefficient (Wildman–Crippen LogP) is 6.17. The summed E-state index contributed by atoms with van der Waals surface area (Å²) in [6.45, 7) is 0.281. The lowest BCUT2D eigenvalue weighted by Crippen LogP contribution is -2.01. The van der Waals surface area contributed by atoms with Gasteiger partial charge in [0, 0.05) is 5.56 Å². The van der Waals surface area contributed by atoms with E-state index in [0.29, 0.717) is 32.8 Å². The Morgan fingerprint density at radius 2 is 1.82 bits per heavy atom. The summed E-state index contributed by atoms with van der Waals surface area (Å²) in [5, 5.41) is 5.14. The number of rotatable bonds is 7. The van der Waals surface area contributed by atoms with E-state index < -0.39 is 0 Å². The molecule has 0 saturated carbocycles. The number of methoxy groups -OCH3 is 1. The van der Waals surface area contributed by atoms with E-state index in [2.05, 4.69) is 10.5 Å². The molecule has 0 aromatic heterocycles. The Labute approximate surface area is 172 Å². The van der Waals surface area contributed by atoms with Crippen molar-refractivity contribution in [3.63, 3.8) is 0 Å². The predicted molar refractivity (Wildman–Crippen MR) is 111 cm³/mol. The van der Waals surface area contributed by atoms with Crippen LogP contribution in [-0.4, -0.2) is 13.3 Å². The minimum Gasteiger partial charge on any atom is -0.493 e. The molecule has 0 aliphatic heterocycles. The van der Waals surface area contributed by atoms with E-state index in [9.17, 15) is 4.39 Å². The highest BCUT2D eigenvalue weighted by Crippen LogP contribution is 2.31. The maximum absolute atomic E-state index is 13.0. The van der Waals surface area contributed by atoms with Gasteiger partial charge in [-0.2, -0.15) is 5.10 Å². The van der Waals surface area contributed by atoms with Crippen LogP contribution in [0.1, 0.15) is 11.1 Å². The number of ether oxygens (including phenoxy) is 2. The summed E-state index contributed by atoms with van der Waals surface area (Å²) in [7, 11) is 1.57. The minimum absolute atomic E-state index is 0.281. The number of nitrogens with one attached hydrogen (secondary N) is 1. The van der Waals surface area contributed by atoms with Gasteiger partial charge in [-0.05, 0) is 54.1 Å². The second kappa shape index (κ2) is 9.44. The van der Waals surface area contributed by atoms with E-state index in [1.807, 2.05) is 18.2 Å². The molecule has 0 saturated heterocycles. The van der Waals surface area contributed by atoms with Crippen LogP contribution < -0.4 is 14.9 Å². The number of para-hydroxylation sites is 1. The summed E-state index contributed by atoms with van der Waals surface area (Å²) in [5.41, 5.74) is 5.10. The van der Waals surface area contributed by atoms with Crippen LogP contribution in [-0.2, 0) is 6.61 Å². The molecular formula is C21H17Cl2FN2O2. The van der Waals surface area contributed by atoms with E-state index in [1.165, 1.54) is 12.1 Å². The molecule has 0 amide bonds. The Morgan fingerprint density at radius 1 is 1.04 bits per heavy atom. The summed E-state index contributed by atoms with van der Waals surface area (Å²) < 4.78 is 24.3. The molecule has 28 heavy (non-hydrogen) atoms. The van der Waals surface area contributed by atoms with Crippen molar-refractivity contribution in [2.45, 2.75) is 6.61 Å². The molecular weight excluding hydrogens is 402 g/mol. The fourth-order valence-electron chi connectivity index (χ4n) is 2.44. The summed E-state index contributed by atoms with van der Waals surface area (Å²) in [6.07, 6.45) is 1.61. The average molecular weight is 419 g/mol. The van der Waals surface area contributed by atoms with Crippen LogP contribution >= 0.6 is 23.2 Å². The molecule has 0 spiro atoms. The van der Waals surface area contributed by atoms with Gasteiger partial charge in [-0.25, -0.2) is 4.39 Å². The number of hydrogen-bond acceptors (Lipinski definition) is 4. The molecule has 144 valence electrons. The van der Waals surface area contributed by atoms with E-state index in [4.69, 9.17) is 32.7 Å². The molecule has 0 aliphatic rings. The van der Waals surface area contributed by atoms with E-state index in [-0.39, 0.29) is 12.4 Å². The maximum atomic E-state index is 13.0. The summed E-state index contributed by atoms with van der Waals surface area (Å²) in [4.78, 5) is 0. The molecule has 1 N–H and O–H groups in total. The van der Waals surface area contributed by atoms with Crippen LogP contribution in [0.15, 0.2) is 65.8 Å². The van der Waals surface area contributed by atoms with Gasteiger partial charge in [0.1, 0.15) is 12.4 Å². The molecule has 0 heterocycles. The van der Waals surface area contributed by atoms with Crippen LogP contribution in [0.25, 0.3) is 0 Å². The van der Waals surface area contributed by atoms with Gasteiger partial charge in [0.2, 0.25) is 0 Å². The van der Waals surface area contributed by atoms with Gasteiger partial charge in [-0.3, -0.25) is 5.43 Å². The fourth-order valence-corrected chi connectivity index (χ4v) is 2.76. The Morgan fingerprint density at radius 3 is 2.54 bits per heavy atom. The lowest BCUT2D eigenvalue weighted by atomic mass is 10.2. The SMILES string of the molecule is COc1cccc(C=NNc2ccc(F)cc2)c1OCc1ccc(Cl)c(Cl)c1. The maximum Gasteiger partial charge on any atom is 0.170 e. The molecule has 0 atom stereocenters. The van der Waals surface area contributed by atoms with Gasteiger partial charge in [0.25, 0.3) is 0 Å². The molecule has 0 fully saturated rings. The van der Waals surface area contributed by atoms with Crippen LogP contribution in [0.5, 0.6) is 11.5 Å². The van der Waals surface area contributed by atoms with Gasteiger partial charge < -0.3 is 9.47 Å². The number of nitrogens with zero attached hydrogens (tertiary/aromatic N) is 1. The quantitative estimate of drug-likeness (QED) is 0.368. The second-order valence-corrected chi connectivity index (χ2v) is 6.61. The third kappa shape index (κ3) is 5.15. The largest absolute Gasteiger partial charge is 0.493 e. The second-order valence-electron chi connectivity index (χ2n) is 5.79. The first-order chi connectivity index (χ1) is 13.6. The highest BCUT2D eigenvalue weighted by Gasteiger charge is 2.10. The monoisotopic (exact) mass is 418 g/mol. The number of hydrogen-bond donors (Lipinski definition) is 1. The zero-order valence-electron chi connectivity index (χ0n) is 15.0. The normalized spacial score (nSPS) is 10.9. The summed E-state index contributed by atoms with van der Waals surface area (Å²) in [6, 6.07) is 16.7. The number of anilines is 1. The van der Waals surface area contributed by atoms with E-state index in [0.717, 1.165) is 5.56 Å². The molecule has 0 unspecified atom stereocenters. The zero-order chi connectivity index (χ0) is 19.9. The Kier molecular flexibility index (Phi) is 6.74. The molecule has 0 aliphatic carbocycles. The molecule has 3 rings (SSSR count). The van der Waals surface area contributed by atoms with E-state index >= 15 is 0 Å². The molecule has 0 bridgehead atoms. The smallest absolute Gasteiger partial charge is 0.170 e. The first kappa shape index (κ1) is 20.0. The first-order valence-electron chi connectivity index (χ1n) is 8.35. The van der Waals surface area contributed by atoms with Gasteiger partial charge in [0.15, 0.2) is 11.5 Å². The van der Waals surface area contributed by atoms with Crippen molar-refractivity contribution in [2.75, 3.05) is 12.5 Å². The van der Waals surface area contributed by atoms with Gasteiger partial charge in [-0.1, -0.05) is 35.3 Å². The topological polar surface area (TPSA) is 42.8 Å². The Balaban J connectivity index is 1.76. The van der Waals surface area contributed by atoms with Gasteiger partial charge in [-0.15, -0.1) is 0 Å². The first-order valence-corrected chi connectivity index (χ1v) is 9.11. The van der Waals surface area contributed by atoms with Gasteiger partial charge in [0.05, 0.1) is 29.1 Å². The van der Waals surface area contributed by atoms with Crippen molar-refractivity contribution in [1.82, 2.24) is 0 Å². The number of halogens is 3. The Bertz CT molecular complexity index is 979. The van der Waals surface area contributed by atoms with E-state index in [1.54, 1.807) is 43.7 Å². The zero-order valence-corrected chi connectivity index (χ0v) is 16.5. The summed E-state index contributed by atoms with van der Waals surface area (Å²) >= 11 is 12.0. The van der Waals surface area contributed by atoms with Crippen molar-refractivity contribution in [3.05, 3.63) is 87.7 Å². The molecule has 4 nitrogen and oxygen atoms in total. The third-order valence-corrected chi connectivity index (χ3v) is 4.58. The highest BCUT2D eigenvalue weighted by atomic mass is 35.5. The van der Waals surface area contributed by atoms with Crippen LogP contribution in [0, 0.1) is 5.82 Å². The fraction of sp³-hybridized carbons (Fsp3) is 0.0952. The van der Waals surface area contributed by atoms with Crippen molar-refractivity contribution < 1.29 is 13.9 Å². The summed E-state index contributed by atoms with van der Waals surface area (Å²) in [5.74, 6) is 0.812. The highest BCUT2D eigenvalue weighted by molar-refractivity contribution is 6.42. The average Bonchev–Trinajstić information content (AvgIpc) is 2.70. The lowest BCUT2D eigenvalue weighted by molar-refractivity contribution is 0.284. The van der Waals surface area contributed by atoms with Crippen molar-refractivity contribution in [1.29, 1.82) is 0 Å². The Hall–Kier alpha value is -2.76.